The maximum atomic E-state index is 11.2. The molecule has 37 heavy (non-hydrogen) atoms. The summed E-state index contributed by atoms with van der Waals surface area (Å²) in [5, 5.41) is 13.5. The number of likely N-dealkylation sites (tertiary alicyclic amines) is 1. The van der Waals surface area contributed by atoms with Crippen LogP contribution in [0.25, 0.3) is 22.8 Å². The van der Waals surface area contributed by atoms with Crippen LogP contribution in [0.5, 0.6) is 5.75 Å². The summed E-state index contributed by atoms with van der Waals surface area (Å²) in [7, 11) is 0. The van der Waals surface area contributed by atoms with Gasteiger partial charge in [-0.25, -0.2) is 4.98 Å². The molecule has 3 aromatic rings. The van der Waals surface area contributed by atoms with Crippen molar-refractivity contribution in [1.29, 1.82) is 0 Å². The zero-order valence-electron chi connectivity index (χ0n) is 22.5. The fourth-order valence-corrected chi connectivity index (χ4v) is 4.90. The van der Waals surface area contributed by atoms with E-state index >= 15 is 0 Å². The number of pyridine rings is 1. The zero-order chi connectivity index (χ0) is 26.5. The lowest BCUT2D eigenvalue weighted by Gasteiger charge is -2.20. The predicted octanol–water partition coefficient (Wildman–Crippen LogP) is 4.61. The number of hydrogen-bond donors (Lipinski definition) is 1. The third-order valence-electron chi connectivity index (χ3n) is 6.97. The van der Waals surface area contributed by atoms with Gasteiger partial charge in [0.25, 0.3) is 5.89 Å². The number of carboxylic acid groups (broad SMARTS) is 1. The normalized spacial score (nSPS) is 15.8. The Morgan fingerprint density at radius 1 is 1.14 bits per heavy atom. The minimum absolute atomic E-state index is 0.271. The first kappa shape index (κ1) is 26.6. The average Bonchev–Trinajstić information content (AvgIpc) is 3.56. The number of nitrogens with zero attached hydrogens (tertiary/aromatic N) is 5. The minimum atomic E-state index is -0.712. The van der Waals surface area contributed by atoms with Crippen LogP contribution in [-0.2, 0) is 11.2 Å². The topological polar surface area (TPSA) is 105 Å². The predicted molar refractivity (Wildman–Crippen MR) is 143 cm³/mol. The first-order valence-electron chi connectivity index (χ1n) is 13.1. The molecule has 0 bridgehead atoms. The maximum Gasteiger partial charge on any atom is 0.307 e. The van der Waals surface area contributed by atoms with Crippen molar-refractivity contribution < 1.29 is 19.2 Å². The van der Waals surface area contributed by atoms with Crippen molar-refractivity contribution in [2.24, 2.45) is 5.92 Å². The largest absolute Gasteiger partial charge is 0.492 e. The first-order chi connectivity index (χ1) is 17.8. The summed E-state index contributed by atoms with van der Waals surface area (Å²) in [6.45, 7) is 14.7. The molecule has 0 aliphatic carbocycles. The third-order valence-corrected chi connectivity index (χ3v) is 6.97. The molecular formula is C28H37N5O4. The van der Waals surface area contributed by atoms with Crippen LogP contribution in [0.3, 0.4) is 0 Å². The van der Waals surface area contributed by atoms with Gasteiger partial charge in [0.15, 0.2) is 0 Å². The molecule has 1 fully saturated rings. The lowest BCUT2D eigenvalue weighted by atomic mass is 10.0. The van der Waals surface area contributed by atoms with E-state index in [2.05, 4.69) is 46.8 Å². The van der Waals surface area contributed by atoms with Crippen molar-refractivity contribution in [3.05, 3.63) is 41.1 Å². The lowest BCUT2D eigenvalue weighted by molar-refractivity contribution is -0.141. The summed E-state index contributed by atoms with van der Waals surface area (Å²) in [6, 6.07) is 8.05. The molecule has 1 aliphatic heterocycles. The van der Waals surface area contributed by atoms with E-state index in [0.717, 1.165) is 65.6 Å². The highest BCUT2D eigenvalue weighted by Crippen LogP contribution is 2.32. The number of hydrogen-bond acceptors (Lipinski definition) is 8. The Labute approximate surface area is 218 Å². The van der Waals surface area contributed by atoms with E-state index in [0.29, 0.717) is 37.8 Å². The van der Waals surface area contributed by atoms with E-state index in [4.69, 9.17) is 14.2 Å². The lowest BCUT2D eigenvalue weighted by Crippen LogP contribution is -2.27. The molecule has 198 valence electrons. The second-order valence-electron chi connectivity index (χ2n) is 9.56. The molecule has 1 N–H and O–H groups in total. The molecule has 0 spiro atoms. The molecular weight excluding hydrogens is 470 g/mol. The SMILES string of the molecule is CCc1cc(-c2noc(-c3cc(C)nc(N(CC)CC)c3)n2)cc(C)c1OCCN1CC[C@@H](C(=O)O)C1. The molecule has 0 saturated carbocycles. The first-order valence-corrected chi connectivity index (χ1v) is 13.1. The van der Waals surface area contributed by atoms with Gasteiger partial charge in [-0.1, -0.05) is 12.1 Å². The van der Waals surface area contributed by atoms with Crippen LogP contribution < -0.4 is 9.64 Å². The van der Waals surface area contributed by atoms with E-state index in [1.165, 1.54) is 0 Å². The van der Waals surface area contributed by atoms with E-state index < -0.39 is 5.97 Å². The van der Waals surface area contributed by atoms with Crippen molar-refractivity contribution in [1.82, 2.24) is 20.0 Å². The smallest absolute Gasteiger partial charge is 0.307 e. The van der Waals surface area contributed by atoms with Crippen LogP contribution in [0.2, 0.25) is 0 Å². The van der Waals surface area contributed by atoms with Crippen LogP contribution in [-0.4, -0.2) is 70.4 Å². The Hall–Kier alpha value is -3.46. The highest BCUT2D eigenvalue weighted by Gasteiger charge is 2.27. The molecule has 3 heterocycles. The quantitative estimate of drug-likeness (QED) is 0.398. The van der Waals surface area contributed by atoms with Crippen molar-refractivity contribution in [3.63, 3.8) is 0 Å². The fourth-order valence-electron chi connectivity index (χ4n) is 4.90. The van der Waals surface area contributed by atoms with Crippen LogP contribution in [0.4, 0.5) is 5.82 Å². The second-order valence-corrected chi connectivity index (χ2v) is 9.56. The molecule has 9 nitrogen and oxygen atoms in total. The fraction of sp³-hybridized carbons (Fsp3) is 0.500. The van der Waals surface area contributed by atoms with Gasteiger partial charge < -0.3 is 19.3 Å². The van der Waals surface area contributed by atoms with Crippen LogP contribution in [0, 0.1) is 19.8 Å². The molecule has 1 aliphatic rings. The Morgan fingerprint density at radius 3 is 2.59 bits per heavy atom. The third kappa shape index (κ3) is 6.10. The standard InChI is InChI=1S/C28H37N5O4/c1-6-20-15-22(13-18(4)25(20)36-12-11-32-10-9-21(17-32)28(34)35)26-30-27(37-31-26)23-14-19(5)29-24(16-23)33(7-2)8-3/h13-16,21H,6-12,17H2,1-5H3,(H,34,35)/t21-/m1/s1. The Balaban J connectivity index is 1.50. The number of rotatable bonds is 11. The van der Waals surface area contributed by atoms with Gasteiger partial charge in [0, 0.05) is 43.0 Å². The van der Waals surface area contributed by atoms with Crippen LogP contribution in [0.15, 0.2) is 28.8 Å². The van der Waals surface area contributed by atoms with Gasteiger partial charge in [0.2, 0.25) is 5.82 Å². The molecule has 2 aromatic heterocycles. The van der Waals surface area contributed by atoms with Crippen molar-refractivity contribution >= 4 is 11.8 Å². The number of benzene rings is 1. The molecule has 1 aromatic carbocycles. The Bertz CT molecular complexity index is 1240. The van der Waals surface area contributed by atoms with Crippen molar-refractivity contribution in [2.45, 2.75) is 47.5 Å². The zero-order valence-corrected chi connectivity index (χ0v) is 22.5. The van der Waals surface area contributed by atoms with Gasteiger partial charge in [-0.3, -0.25) is 9.69 Å². The second kappa shape index (κ2) is 11.7. The minimum Gasteiger partial charge on any atom is -0.492 e. The van der Waals surface area contributed by atoms with Crippen molar-refractivity contribution in [2.75, 3.05) is 44.2 Å². The van der Waals surface area contributed by atoms with Crippen molar-refractivity contribution in [3.8, 4) is 28.6 Å². The summed E-state index contributed by atoms with van der Waals surface area (Å²) in [5.41, 5.74) is 4.73. The van der Waals surface area contributed by atoms with E-state index in [1.807, 2.05) is 32.0 Å². The number of aryl methyl sites for hydroxylation is 3. The summed E-state index contributed by atoms with van der Waals surface area (Å²) < 4.78 is 11.9. The molecule has 1 atom stereocenters. The van der Waals surface area contributed by atoms with E-state index in [9.17, 15) is 9.90 Å². The summed E-state index contributed by atoms with van der Waals surface area (Å²) in [5.74, 6) is 1.80. The average molecular weight is 508 g/mol. The van der Waals surface area contributed by atoms with Gasteiger partial charge in [-0.15, -0.1) is 0 Å². The number of aromatic nitrogens is 3. The van der Waals surface area contributed by atoms with Gasteiger partial charge in [0.05, 0.1) is 5.92 Å². The molecule has 9 heteroatoms. The van der Waals surface area contributed by atoms with E-state index in [1.54, 1.807) is 0 Å². The van der Waals surface area contributed by atoms with Gasteiger partial charge in [0.1, 0.15) is 18.2 Å². The Morgan fingerprint density at radius 2 is 1.92 bits per heavy atom. The molecule has 1 saturated heterocycles. The van der Waals surface area contributed by atoms with Gasteiger partial charge >= 0.3 is 5.97 Å². The van der Waals surface area contributed by atoms with E-state index in [-0.39, 0.29) is 5.92 Å². The molecule has 4 rings (SSSR count). The highest BCUT2D eigenvalue weighted by molar-refractivity contribution is 5.70. The number of ether oxygens (including phenoxy) is 1. The monoisotopic (exact) mass is 507 g/mol. The highest BCUT2D eigenvalue weighted by atomic mass is 16.5. The summed E-state index contributed by atoms with van der Waals surface area (Å²) in [6.07, 6.45) is 1.50. The summed E-state index contributed by atoms with van der Waals surface area (Å²) >= 11 is 0. The van der Waals surface area contributed by atoms with Crippen LogP contribution in [0.1, 0.15) is 44.0 Å². The number of carboxylic acids is 1. The molecule has 0 amide bonds. The van der Waals surface area contributed by atoms with Gasteiger partial charge in [-0.05, 0) is 82.5 Å². The number of anilines is 1. The molecule has 0 unspecified atom stereocenters. The summed E-state index contributed by atoms with van der Waals surface area (Å²) in [4.78, 5) is 24.9. The number of aliphatic carboxylic acids is 1. The van der Waals surface area contributed by atoms with Gasteiger partial charge in [-0.2, -0.15) is 4.98 Å². The van der Waals surface area contributed by atoms with Crippen LogP contribution >= 0.6 is 0 Å². The molecule has 0 radical (unpaired) electrons. The maximum absolute atomic E-state index is 11.2. The Kier molecular flexibility index (Phi) is 8.43. The number of carbonyl (C=O) groups is 1.